The molecule has 1 amide bonds. The van der Waals surface area contributed by atoms with Gasteiger partial charge in [-0.05, 0) is 39.8 Å². The lowest BCUT2D eigenvalue weighted by Crippen LogP contribution is -2.32. The molecule has 1 heterocycles. The summed E-state index contributed by atoms with van der Waals surface area (Å²) in [5.74, 6) is 0. The standard InChI is InChI=1S/C15H24N2O2S/c1-12-7-8-13(20-12)11-16-9-5-6-10-17-14(18)19-15(2,3)4/h5-8,16H,9-11H2,1-4H3,(H,17,18)/b6-5+. The Kier molecular flexibility index (Phi) is 6.75. The smallest absolute Gasteiger partial charge is 0.407 e. The number of carbonyl (C=O) groups is 1. The second-order valence-electron chi connectivity index (χ2n) is 5.50. The summed E-state index contributed by atoms with van der Waals surface area (Å²) < 4.78 is 5.13. The van der Waals surface area contributed by atoms with Crippen LogP contribution < -0.4 is 10.6 Å². The number of ether oxygens (including phenoxy) is 1. The van der Waals surface area contributed by atoms with Crippen LogP contribution in [0.3, 0.4) is 0 Å². The molecule has 0 bridgehead atoms. The molecule has 0 spiro atoms. The molecule has 0 aromatic carbocycles. The molecule has 0 saturated heterocycles. The van der Waals surface area contributed by atoms with E-state index in [4.69, 9.17) is 4.74 Å². The summed E-state index contributed by atoms with van der Waals surface area (Å²) in [6.45, 7) is 9.79. The van der Waals surface area contributed by atoms with Crippen LogP contribution in [0.25, 0.3) is 0 Å². The highest BCUT2D eigenvalue weighted by molar-refractivity contribution is 7.11. The lowest BCUT2D eigenvalue weighted by Gasteiger charge is -2.19. The summed E-state index contributed by atoms with van der Waals surface area (Å²) in [7, 11) is 0. The first-order valence-electron chi connectivity index (χ1n) is 6.75. The van der Waals surface area contributed by atoms with Gasteiger partial charge in [-0.1, -0.05) is 12.2 Å². The normalized spacial score (nSPS) is 11.8. The zero-order valence-corrected chi connectivity index (χ0v) is 13.5. The Morgan fingerprint density at radius 2 is 2.00 bits per heavy atom. The Hall–Kier alpha value is -1.33. The fourth-order valence-electron chi connectivity index (χ4n) is 1.48. The Labute approximate surface area is 125 Å². The molecular weight excluding hydrogens is 272 g/mol. The Balaban J connectivity index is 2.06. The van der Waals surface area contributed by atoms with Crippen LogP contribution in [0.4, 0.5) is 4.79 Å². The molecule has 0 aliphatic rings. The first kappa shape index (κ1) is 16.7. The number of carbonyl (C=O) groups excluding carboxylic acids is 1. The van der Waals surface area contributed by atoms with Crippen molar-refractivity contribution in [3.63, 3.8) is 0 Å². The van der Waals surface area contributed by atoms with Gasteiger partial charge in [0, 0.05) is 29.4 Å². The average Bonchev–Trinajstić information content (AvgIpc) is 2.71. The molecule has 1 aromatic rings. The summed E-state index contributed by atoms with van der Waals surface area (Å²) in [6.07, 6.45) is 3.53. The number of alkyl carbamates (subject to hydrolysis) is 1. The maximum absolute atomic E-state index is 11.4. The minimum atomic E-state index is -0.450. The summed E-state index contributed by atoms with van der Waals surface area (Å²) in [6, 6.07) is 4.27. The van der Waals surface area contributed by atoms with Gasteiger partial charge in [0.25, 0.3) is 0 Å². The van der Waals surface area contributed by atoms with Crippen LogP contribution in [-0.4, -0.2) is 24.8 Å². The van der Waals surface area contributed by atoms with Crippen LogP contribution in [0, 0.1) is 6.92 Å². The van der Waals surface area contributed by atoms with Crippen molar-refractivity contribution in [1.82, 2.24) is 10.6 Å². The molecule has 0 atom stereocenters. The minimum absolute atomic E-state index is 0.385. The molecule has 112 valence electrons. The fourth-order valence-corrected chi connectivity index (χ4v) is 2.34. The van der Waals surface area contributed by atoms with E-state index in [1.807, 2.05) is 32.9 Å². The lowest BCUT2D eigenvalue weighted by molar-refractivity contribution is 0.0534. The number of nitrogens with one attached hydrogen (secondary N) is 2. The molecule has 5 heteroatoms. The predicted molar refractivity (Wildman–Crippen MR) is 84.1 cm³/mol. The summed E-state index contributed by atoms with van der Waals surface area (Å²) in [4.78, 5) is 14.0. The SMILES string of the molecule is Cc1ccc(CNC/C=C/CNC(=O)OC(C)(C)C)s1. The second kappa shape index (κ2) is 8.07. The van der Waals surface area contributed by atoms with Crippen molar-refractivity contribution in [3.8, 4) is 0 Å². The van der Waals surface area contributed by atoms with E-state index in [1.54, 1.807) is 11.3 Å². The van der Waals surface area contributed by atoms with Crippen LogP contribution in [0.5, 0.6) is 0 Å². The molecular formula is C15H24N2O2S. The van der Waals surface area contributed by atoms with Crippen molar-refractivity contribution in [2.45, 2.75) is 39.8 Å². The van der Waals surface area contributed by atoms with E-state index in [-0.39, 0.29) is 6.09 Å². The average molecular weight is 296 g/mol. The molecule has 1 aromatic heterocycles. The Morgan fingerprint density at radius 3 is 2.60 bits per heavy atom. The molecule has 0 unspecified atom stereocenters. The molecule has 1 rings (SSSR count). The van der Waals surface area contributed by atoms with E-state index < -0.39 is 5.60 Å². The number of hydrogen-bond donors (Lipinski definition) is 2. The maximum Gasteiger partial charge on any atom is 0.407 e. The maximum atomic E-state index is 11.4. The summed E-state index contributed by atoms with van der Waals surface area (Å²) >= 11 is 1.81. The van der Waals surface area contributed by atoms with Crippen LogP contribution in [0.2, 0.25) is 0 Å². The molecule has 0 saturated carbocycles. The minimum Gasteiger partial charge on any atom is -0.444 e. The quantitative estimate of drug-likeness (QED) is 0.626. The van der Waals surface area contributed by atoms with E-state index >= 15 is 0 Å². The molecule has 20 heavy (non-hydrogen) atoms. The predicted octanol–water partition coefficient (Wildman–Crippen LogP) is 3.23. The third-order valence-corrected chi connectivity index (χ3v) is 3.29. The van der Waals surface area contributed by atoms with Crippen LogP contribution in [0.15, 0.2) is 24.3 Å². The number of aryl methyl sites for hydroxylation is 1. The van der Waals surface area contributed by atoms with Gasteiger partial charge in [-0.15, -0.1) is 11.3 Å². The number of thiophene rings is 1. The third-order valence-electron chi connectivity index (χ3n) is 2.29. The molecule has 0 fully saturated rings. The van der Waals surface area contributed by atoms with Crippen LogP contribution in [-0.2, 0) is 11.3 Å². The van der Waals surface area contributed by atoms with Gasteiger partial charge in [0.05, 0.1) is 0 Å². The number of hydrogen-bond acceptors (Lipinski definition) is 4. The topological polar surface area (TPSA) is 50.4 Å². The number of rotatable bonds is 6. The lowest BCUT2D eigenvalue weighted by atomic mass is 10.2. The monoisotopic (exact) mass is 296 g/mol. The van der Waals surface area contributed by atoms with E-state index in [0.29, 0.717) is 6.54 Å². The third kappa shape index (κ3) is 7.96. The fraction of sp³-hybridized carbons (Fsp3) is 0.533. The van der Waals surface area contributed by atoms with Gasteiger partial charge in [-0.2, -0.15) is 0 Å². The van der Waals surface area contributed by atoms with E-state index in [2.05, 4.69) is 29.7 Å². The van der Waals surface area contributed by atoms with Crippen molar-refractivity contribution < 1.29 is 9.53 Å². The zero-order chi connectivity index (χ0) is 15.0. The van der Waals surface area contributed by atoms with Crippen LogP contribution in [0.1, 0.15) is 30.5 Å². The second-order valence-corrected chi connectivity index (χ2v) is 6.87. The summed E-state index contributed by atoms with van der Waals surface area (Å²) in [5, 5.41) is 6.00. The molecule has 0 radical (unpaired) electrons. The molecule has 0 aliphatic carbocycles. The number of amides is 1. The van der Waals surface area contributed by atoms with Gasteiger partial charge in [0.2, 0.25) is 0 Å². The van der Waals surface area contributed by atoms with Crippen molar-refractivity contribution >= 4 is 17.4 Å². The van der Waals surface area contributed by atoms with Crippen LogP contribution >= 0.6 is 11.3 Å². The van der Waals surface area contributed by atoms with Gasteiger partial charge >= 0.3 is 6.09 Å². The highest BCUT2D eigenvalue weighted by Gasteiger charge is 2.14. The van der Waals surface area contributed by atoms with E-state index in [9.17, 15) is 4.79 Å². The van der Waals surface area contributed by atoms with Crippen molar-refractivity contribution in [2.24, 2.45) is 0 Å². The Bertz CT molecular complexity index is 447. The molecule has 4 nitrogen and oxygen atoms in total. The molecule has 2 N–H and O–H groups in total. The van der Waals surface area contributed by atoms with E-state index in [1.165, 1.54) is 9.75 Å². The Morgan fingerprint density at radius 1 is 1.30 bits per heavy atom. The van der Waals surface area contributed by atoms with Gasteiger partial charge in [-0.3, -0.25) is 0 Å². The highest BCUT2D eigenvalue weighted by atomic mass is 32.1. The van der Waals surface area contributed by atoms with Gasteiger partial charge in [0.15, 0.2) is 0 Å². The van der Waals surface area contributed by atoms with Crippen molar-refractivity contribution in [2.75, 3.05) is 13.1 Å². The van der Waals surface area contributed by atoms with Crippen molar-refractivity contribution in [1.29, 1.82) is 0 Å². The largest absolute Gasteiger partial charge is 0.444 e. The van der Waals surface area contributed by atoms with Gasteiger partial charge in [0.1, 0.15) is 5.60 Å². The highest BCUT2D eigenvalue weighted by Crippen LogP contribution is 2.14. The molecule has 0 aliphatic heterocycles. The first-order valence-corrected chi connectivity index (χ1v) is 7.56. The van der Waals surface area contributed by atoms with Gasteiger partial charge in [-0.25, -0.2) is 4.79 Å². The van der Waals surface area contributed by atoms with Crippen molar-refractivity contribution in [3.05, 3.63) is 34.0 Å². The summed E-state index contributed by atoms with van der Waals surface area (Å²) in [5.41, 5.74) is -0.450. The van der Waals surface area contributed by atoms with Gasteiger partial charge < -0.3 is 15.4 Å². The zero-order valence-electron chi connectivity index (χ0n) is 12.7. The first-order chi connectivity index (χ1) is 9.37. The van der Waals surface area contributed by atoms with E-state index in [0.717, 1.165) is 13.1 Å².